The van der Waals surface area contributed by atoms with Gasteiger partial charge in [-0.15, -0.1) is 12.4 Å². The second kappa shape index (κ2) is 6.03. The van der Waals surface area contributed by atoms with Crippen molar-refractivity contribution in [1.29, 1.82) is 0 Å². The highest BCUT2D eigenvalue weighted by molar-refractivity contribution is 5.89. The van der Waals surface area contributed by atoms with Crippen molar-refractivity contribution in [2.24, 2.45) is 17.1 Å². The van der Waals surface area contributed by atoms with Crippen LogP contribution in [0.4, 0.5) is 0 Å². The van der Waals surface area contributed by atoms with Crippen LogP contribution >= 0.6 is 12.4 Å². The predicted octanol–water partition coefficient (Wildman–Crippen LogP) is 1.24. The monoisotopic (exact) mass is 318 g/mol. The molecule has 1 saturated carbocycles. The molecule has 21 heavy (non-hydrogen) atoms. The molecule has 0 spiro atoms. The van der Waals surface area contributed by atoms with Gasteiger partial charge in [0.1, 0.15) is 5.54 Å². The molecule has 2 heterocycles. The second-order valence-corrected chi connectivity index (χ2v) is 7.02. The zero-order valence-corrected chi connectivity index (χ0v) is 13.7. The van der Waals surface area contributed by atoms with E-state index in [2.05, 4.69) is 19.2 Å². The van der Waals surface area contributed by atoms with Gasteiger partial charge < -0.3 is 20.5 Å². The van der Waals surface area contributed by atoms with Crippen LogP contribution in [0.25, 0.3) is 0 Å². The van der Waals surface area contributed by atoms with E-state index >= 15 is 0 Å². The standard InChI is InChI=1S/C15H26N2O3.ClH/c1-14(2)12-11(6-4-8-20-12)15(14,16)13(18)17-10-5-3-7-19-9-10;/h10-12H,3-9,16H2,1-2H3,(H,17,18);1H. The fourth-order valence-electron chi connectivity index (χ4n) is 4.20. The van der Waals surface area contributed by atoms with Gasteiger partial charge in [0.05, 0.1) is 18.8 Å². The van der Waals surface area contributed by atoms with Crippen molar-refractivity contribution < 1.29 is 14.3 Å². The molecule has 0 aromatic heterocycles. The fraction of sp³-hybridized carbons (Fsp3) is 0.933. The van der Waals surface area contributed by atoms with Crippen LogP contribution in [0.3, 0.4) is 0 Å². The van der Waals surface area contributed by atoms with E-state index in [1.54, 1.807) is 0 Å². The first-order valence-electron chi connectivity index (χ1n) is 7.77. The summed E-state index contributed by atoms with van der Waals surface area (Å²) < 4.78 is 11.3. The van der Waals surface area contributed by atoms with Crippen molar-refractivity contribution in [2.45, 2.75) is 57.2 Å². The Balaban J connectivity index is 0.00000161. The Hall–Kier alpha value is -0.360. The third kappa shape index (κ3) is 2.48. The minimum atomic E-state index is -0.810. The maximum Gasteiger partial charge on any atom is 0.241 e. The van der Waals surface area contributed by atoms with Crippen molar-refractivity contribution in [3.63, 3.8) is 0 Å². The predicted molar refractivity (Wildman–Crippen MR) is 82.4 cm³/mol. The quantitative estimate of drug-likeness (QED) is 0.803. The lowest BCUT2D eigenvalue weighted by molar-refractivity contribution is -0.225. The maximum absolute atomic E-state index is 12.7. The summed E-state index contributed by atoms with van der Waals surface area (Å²) in [4.78, 5) is 12.7. The van der Waals surface area contributed by atoms with Gasteiger partial charge in [0.25, 0.3) is 0 Å². The Morgan fingerprint density at radius 1 is 1.24 bits per heavy atom. The minimum absolute atomic E-state index is 0. The van der Waals surface area contributed by atoms with E-state index in [1.165, 1.54) is 0 Å². The molecule has 0 radical (unpaired) electrons. The van der Waals surface area contributed by atoms with Crippen molar-refractivity contribution in [2.75, 3.05) is 19.8 Å². The molecule has 0 aromatic carbocycles. The molecule has 4 unspecified atom stereocenters. The summed E-state index contributed by atoms with van der Waals surface area (Å²) in [6.45, 7) is 6.29. The number of ether oxygens (including phenoxy) is 2. The van der Waals surface area contributed by atoms with Gasteiger partial charge in [0, 0.05) is 24.5 Å². The van der Waals surface area contributed by atoms with Crippen LogP contribution in [-0.4, -0.2) is 43.4 Å². The van der Waals surface area contributed by atoms with Crippen LogP contribution in [0, 0.1) is 11.3 Å². The smallest absolute Gasteiger partial charge is 0.241 e. The number of fused-ring (bicyclic) bond motifs is 1. The van der Waals surface area contributed by atoms with Crippen molar-refractivity contribution >= 4 is 18.3 Å². The summed E-state index contributed by atoms with van der Waals surface area (Å²) in [5.41, 5.74) is 5.45. The first-order valence-corrected chi connectivity index (χ1v) is 7.77. The molecule has 5 nitrogen and oxygen atoms in total. The lowest BCUT2D eigenvalue weighted by Gasteiger charge is -2.65. The highest BCUT2D eigenvalue weighted by Gasteiger charge is 2.70. The van der Waals surface area contributed by atoms with Gasteiger partial charge in [-0.2, -0.15) is 0 Å². The van der Waals surface area contributed by atoms with Crippen molar-refractivity contribution in [3.8, 4) is 0 Å². The summed E-state index contributed by atoms with van der Waals surface area (Å²) in [5, 5.41) is 3.11. The summed E-state index contributed by atoms with van der Waals surface area (Å²) in [7, 11) is 0. The zero-order chi connectivity index (χ0) is 14.4. The number of nitrogens with one attached hydrogen (secondary N) is 1. The number of amides is 1. The van der Waals surface area contributed by atoms with Crippen LogP contribution in [0.1, 0.15) is 39.5 Å². The summed E-state index contributed by atoms with van der Waals surface area (Å²) in [6, 6.07) is 0.107. The molecule has 1 aliphatic carbocycles. The van der Waals surface area contributed by atoms with Crippen molar-refractivity contribution in [1.82, 2.24) is 5.32 Å². The summed E-state index contributed by atoms with van der Waals surface area (Å²) in [5.74, 6) is 0.125. The van der Waals surface area contributed by atoms with Crippen molar-refractivity contribution in [3.05, 3.63) is 0 Å². The lowest BCUT2D eigenvalue weighted by Crippen LogP contribution is -2.82. The third-order valence-electron chi connectivity index (χ3n) is 5.56. The molecular weight excluding hydrogens is 292 g/mol. The number of rotatable bonds is 2. The Morgan fingerprint density at radius 3 is 2.62 bits per heavy atom. The number of hydrogen-bond acceptors (Lipinski definition) is 4. The number of nitrogens with two attached hydrogens (primary N) is 1. The molecule has 6 heteroatoms. The average Bonchev–Trinajstić information content (AvgIpc) is 2.47. The van der Waals surface area contributed by atoms with Gasteiger partial charge in [-0.05, 0) is 25.7 Å². The van der Waals surface area contributed by atoms with Gasteiger partial charge in [-0.1, -0.05) is 13.8 Å². The number of carbonyl (C=O) groups excluding carboxylic acids is 1. The van der Waals surface area contributed by atoms with Gasteiger partial charge in [-0.25, -0.2) is 0 Å². The molecule has 0 bridgehead atoms. The fourth-order valence-corrected chi connectivity index (χ4v) is 4.20. The first-order chi connectivity index (χ1) is 9.48. The van der Waals surface area contributed by atoms with Crippen LogP contribution in [0.5, 0.6) is 0 Å². The maximum atomic E-state index is 12.7. The van der Waals surface area contributed by atoms with E-state index in [9.17, 15) is 4.79 Å². The van der Waals surface area contributed by atoms with Crippen LogP contribution in [0.15, 0.2) is 0 Å². The third-order valence-corrected chi connectivity index (χ3v) is 5.56. The lowest BCUT2D eigenvalue weighted by atomic mass is 9.46. The minimum Gasteiger partial charge on any atom is -0.379 e. The first kappa shape index (κ1) is 17.0. The Bertz CT molecular complexity index is 398. The van der Waals surface area contributed by atoms with Crippen LogP contribution in [0.2, 0.25) is 0 Å². The molecular formula is C15H27ClN2O3. The molecule has 1 amide bonds. The molecule has 122 valence electrons. The van der Waals surface area contributed by atoms with E-state index in [0.717, 1.165) is 38.9 Å². The van der Waals surface area contributed by atoms with E-state index in [-0.39, 0.29) is 41.8 Å². The number of halogens is 1. The molecule has 3 aliphatic rings. The van der Waals surface area contributed by atoms with Gasteiger partial charge in [-0.3, -0.25) is 4.79 Å². The van der Waals surface area contributed by atoms with E-state index in [4.69, 9.17) is 15.2 Å². The van der Waals surface area contributed by atoms with Gasteiger partial charge in [0.2, 0.25) is 5.91 Å². The van der Waals surface area contributed by atoms with Crippen LogP contribution < -0.4 is 11.1 Å². The SMILES string of the molecule is CC1(C)C2OCCCC2C1(N)C(=O)NC1CCCOC1.Cl. The number of carbonyl (C=O) groups is 1. The largest absolute Gasteiger partial charge is 0.379 e. The number of hydrogen-bond donors (Lipinski definition) is 2. The molecule has 2 aliphatic heterocycles. The highest BCUT2D eigenvalue weighted by Crippen LogP contribution is 2.57. The summed E-state index contributed by atoms with van der Waals surface area (Å²) >= 11 is 0. The molecule has 3 N–H and O–H groups in total. The Morgan fingerprint density at radius 2 is 1.95 bits per heavy atom. The van der Waals surface area contributed by atoms with Gasteiger partial charge in [0.15, 0.2) is 0 Å². The highest BCUT2D eigenvalue weighted by atomic mass is 35.5. The molecule has 0 aromatic rings. The topological polar surface area (TPSA) is 73.6 Å². The second-order valence-electron chi connectivity index (χ2n) is 7.02. The van der Waals surface area contributed by atoms with E-state index in [1.807, 2.05) is 0 Å². The van der Waals surface area contributed by atoms with Gasteiger partial charge >= 0.3 is 0 Å². The molecule has 4 atom stereocenters. The Kier molecular flexibility index (Phi) is 4.88. The molecule has 3 fully saturated rings. The zero-order valence-electron chi connectivity index (χ0n) is 12.9. The molecule has 2 saturated heterocycles. The summed E-state index contributed by atoms with van der Waals surface area (Å²) in [6.07, 6.45) is 4.08. The van der Waals surface area contributed by atoms with E-state index in [0.29, 0.717) is 6.61 Å². The Labute approximate surface area is 132 Å². The average molecular weight is 319 g/mol. The molecule has 3 rings (SSSR count). The normalized spacial score (nSPS) is 41.2. The van der Waals surface area contributed by atoms with Crippen LogP contribution in [-0.2, 0) is 14.3 Å². The van der Waals surface area contributed by atoms with E-state index < -0.39 is 5.54 Å².